The fraction of sp³-hybridized carbons (Fsp3) is 0.0938. The maximum absolute atomic E-state index is 13.3. The van der Waals surface area contributed by atoms with Crippen molar-refractivity contribution in [1.29, 1.82) is 0 Å². The molecule has 1 aromatic heterocycles. The first-order chi connectivity index (χ1) is 19.0. The molecule has 39 heavy (non-hydrogen) atoms. The van der Waals surface area contributed by atoms with Crippen molar-refractivity contribution in [3.8, 4) is 0 Å². The molecule has 1 aliphatic heterocycles. The Kier molecular flexibility index (Phi) is 6.97. The van der Waals surface area contributed by atoms with Crippen LogP contribution in [0.5, 0.6) is 0 Å². The Morgan fingerprint density at radius 3 is 2.54 bits per heavy atom. The molecule has 1 aliphatic rings. The van der Waals surface area contributed by atoms with Crippen LogP contribution in [0.1, 0.15) is 21.6 Å². The molecule has 6 rings (SSSR count). The minimum atomic E-state index is -0.627. The van der Waals surface area contributed by atoms with Crippen molar-refractivity contribution in [1.82, 2.24) is 0 Å². The first-order valence-electron chi connectivity index (χ1n) is 12.6. The SMILES string of the molecule is O=C(Cc1cccs1)Nc1ccc(C2=NC(Cc3ccc4ccccc4c3)C(=O)Nc3cc(Cl)ccc32)cc1. The van der Waals surface area contributed by atoms with Crippen LogP contribution in [0, 0.1) is 0 Å². The molecule has 2 amide bonds. The van der Waals surface area contributed by atoms with E-state index in [9.17, 15) is 9.59 Å². The maximum atomic E-state index is 13.3. The van der Waals surface area contributed by atoms with Gasteiger partial charge in [0.2, 0.25) is 11.8 Å². The predicted octanol–water partition coefficient (Wildman–Crippen LogP) is 7.14. The van der Waals surface area contributed by atoms with E-state index in [2.05, 4.69) is 34.9 Å². The van der Waals surface area contributed by atoms with Gasteiger partial charge in [-0.2, -0.15) is 0 Å². The molecule has 0 bridgehead atoms. The molecule has 2 N–H and O–H groups in total. The summed E-state index contributed by atoms with van der Waals surface area (Å²) in [5.74, 6) is -0.249. The Morgan fingerprint density at radius 2 is 1.74 bits per heavy atom. The first-order valence-corrected chi connectivity index (χ1v) is 13.9. The highest BCUT2D eigenvalue weighted by Crippen LogP contribution is 2.29. The molecule has 0 radical (unpaired) electrons. The van der Waals surface area contributed by atoms with Gasteiger partial charge in [0.15, 0.2) is 0 Å². The Hall–Kier alpha value is -4.26. The summed E-state index contributed by atoms with van der Waals surface area (Å²) in [7, 11) is 0. The smallest absolute Gasteiger partial charge is 0.249 e. The van der Waals surface area contributed by atoms with Crippen LogP contribution in [0.3, 0.4) is 0 Å². The zero-order chi connectivity index (χ0) is 26.8. The molecule has 0 fully saturated rings. The molecular weight excluding hydrogens is 526 g/mol. The molecule has 0 aliphatic carbocycles. The third kappa shape index (κ3) is 5.62. The zero-order valence-electron chi connectivity index (χ0n) is 20.9. The molecule has 1 unspecified atom stereocenters. The second-order valence-electron chi connectivity index (χ2n) is 9.44. The van der Waals surface area contributed by atoms with Crippen molar-refractivity contribution < 1.29 is 9.59 Å². The summed E-state index contributed by atoms with van der Waals surface area (Å²) in [6, 6.07) is 30.6. The summed E-state index contributed by atoms with van der Waals surface area (Å²) in [5.41, 5.74) is 4.69. The van der Waals surface area contributed by atoms with E-state index in [4.69, 9.17) is 16.6 Å². The van der Waals surface area contributed by atoms with Crippen molar-refractivity contribution in [2.45, 2.75) is 18.9 Å². The Balaban J connectivity index is 1.31. The number of rotatable bonds is 6. The lowest BCUT2D eigenvalue weighted by molar-refractivity contribution is -0.117. The third-order valence-electron chi connectivity index (χ3n) is 6.68. The predicted molar refractivity (Wildman–Crippen MR) is 160 cm³/mol. The number of aliphatic imine (C=N–C) groups is 1. The van der Waals surface area contributed by atoms with Crippen molar-refractivity contribution in [3.63, 3.8) is 0 Å². The summed E-state index contributed by atoms with van der Waals surface area (Å²) in [5, 5.41) is 10.8. The lowest BCUT2D eigenvalue weighted by Crippen LogP contribution is -2.27. The standard InChI is InChI=1S/C32H24ClN3O2S/c33-24-11-14-27-28(18-24)36-32(38)29(17-20-7-8-21-4-1-2-5-23(21)16-20)35-31(27)22-9-12-25(13-10-22)34-30(37)19-26-6-3-15-39-26/h1-16,18,29H,17,19H2,(H,34,37)(H,36,38). The van der Waals surface area contributed by atoms with Crippen LogP contribution in [0.25, 0.3) is 10.8 Å². The van der Waals surface area contributed by atoms with Gasteiger partial charge in [-0.3, -0.25) is 14.6 Å². The summed E-state index contributed by atoms with van der Waals surface area (Å²) in [4.78, 5) is 31.8. The second kappa shape index (κ2) is 10.8. The minimum Gasteiger partial charge on any atom is -0.326 e. The second-order valence-corrected chi connectivity index (χ2v) is 10.9. The van der Waals surface area contributed by atoms with Crippen molar-refractivity contribution in [2.75, 3.05) is 10.6 Å². The van der Waals surface area contributed by atoms with E-state index in [1.807, 2.05) is 66.0 Å². The highest BCUT2D eigenvalue weighted by atomic mass is 35.5. The number of carbonyl (C=O) groups is 2. The fourth-order valence-electron chi connectivity index (χ4n) is 4.77. The van der Waals surface area contributed by atoms with Crippen LogP contribution in [0.15, 0.2) is 107 Å². The summed E-state index contributed by atoms with van der Waals surface area (Å²) in [6.07, 6.45) is 0.795. The van der Waals surface area contributed by atoms with E-state index in [0.29, 0.717) is 35.0 Å². The first kappa shape index (κ1) is 25.0. The molecule has 192 valence electrons. The number of thiophene rings is 1. The van der Waals surface area contributed by atoms with Gasteiger partial charge in [-0.05, 0) is 58.1 Å². The van der Waals surface area contributed by atoms with Gasteiger partial charge in [0.25, 0.3) is 0 Å². The number of benzene rings is 4. The van der Waals surface area contributed by atoms with Gasteiger partial charge < -0.3 is 10.6 Å². The molecule has 5 nitrogen and oxygen atoms in total. The fourth-order valence-corrected chi connectivity index (χ4v) is 5.65. The number of benzodiazepines with no additional fused rings is 1. The number of nitrogens with zero attached hydrogens (tertiary/aromatic N) is 1. The van der Waals surface area contributed by atoms with Gasteiger partial charge in [-0.1, -0.05) is 72.3 Å². The average molecular weight is 550 g/mol. The van der Waals surface area contributed by atoms with E-state index in [1.165, 1.54) is 0 Å². The number of hydrogen-bond donors (Lipinski definition) is 2. The monoisotopic (exact) mass is 549 g/mol. The van der Waals surface area contributed by atoms with E-state index in [-0.39, 0.29) is 11.8 Å². The van der Waals surface area contributed by atoms with Crippen molar-refractivity contribution in [3.05, 3.63) is 129 Å². The Bertz CT molecular complexity index is 1710. The molecular formula is C32H24ClN3O2S. The number of nitrogens with one attached hydrogen (secondary N) is 2. The van der Waals surface area contributed by atoms with E-state index >= 15 is 0 Å². The molecule has 5 aromatic rings. The van der Waals surface area contributed by atoms with E-state index < -0.39 is 6.04 Å². The van der Waals surface area contributed by atoms with Gasteiger partial charge in [0.1, 0.15) is 6.04 Å². The zero-order valence-corrected chi connectivity index (χ0v) is 22.4. The van der Waals surface area contributed by atoms with Crippen molar-refractivity contribution in [2.24, 2.45) is 4.99 Å². The summed E-state index contributed by atoms with van der Waals surface area (Å²) >= 11 is 7.84. The average Bonchev–Trinajstić information content (AvgIpc) is 3.40. The van der Waals surface area contributed by atoms with Gasteiger partial charge in [0, 0.05) is 33.1 Å². The molecule has 0 saturated carbocycles. The number of fused-ring (bicyclic) bond motifs is 2. The topological polar surface area (TPSA) is 70.6 Å². The Labute approximate surface area is 235 Å². The number of amides is 2. The third-order valence-corrected chi connectivity index (χ3v) is 7.79. The van der Waals surface area contributed by atoms with E-state index in [0.717, 1.165) is 32.3 Å². The van der Waals surface area contributed by atoms with Gasteiger partial charge in [-0.15, -0.1) is 11.3 Å². The lowest BCUT2D eigenvalue weighted by Gasteiger charge is -2.12. The molecule has 4 aromatic carbocycles. The lowest BCUT2D eigenvalue weighted by atomic mass is 9.99. The summed E-state index contributed by atoms with van der Waals surface area (Å²) < 4.78 is 0. The highest BCUT2D eigenvalue weighted by Gasteiger charge is 2.26. The number of anilines is 2. The maximum Gasteiger partial charge on any atom is 0.249 e. The molecule has 2 heterocycles. The number of halogens is 1. The van der Waals surface area contributed by atoms with Crippen LogP contribution in [-0.2, 0) is 22.4 Å². The van der Waals surface area contributed by atoms with Crippen LogP contribution in [-0.4, -0.2) is 23.6 Å². The Morgan fingerprint density at radius 1 is 0.923 bits per heavy atom. The van der Waals surface area contributed by atoms with Crippen molar-refractivity contribution >= 4 is 62.6 Å². The van der Waals surface area contributed by atoms with Crippen LogP contribution >= 0.6 is 22.9 Å². The van der Waals surface area contributed by atoms with Crippen LogP contribution in [0.4, 0.5) is 11.4 Å². The number of hydrogen-bond acceptors (Lipinski definition) is 4. The molecule has 1 atom stereocenters. The molecule has 0 saturated heterocycles. The largest absolute Gasteiger partial charge is 0.326 e. The molecule has 7 heteroatoms. The number of carbonyl (C=O) groups excluding carboxylic acids is 2. The van der Waals surface area contributed by atoms with Gasteiger partial charge >= 0.3 is 0 Å². The summed E-state index contributed by atoms with van der Waals surface area (Å²) in [6.45, 7) is 0. The molecule has 0 spiro atoms. The highest BCUT2D eigenvalue weighted by molar-refractivity contribution is 7.10. The van der Waals surface area contributed by atoms with Crippen LogP contribution in [0.2, 0.25) is 5.02 Å². The minimum absolute atomic E-state index is 0.0674. The van der Waals surface area contributed by atoms with Gasteiger partial charge in [-0.25, -0.2) is 0 Å². The quantitative estimate of drug-likeness (QED) is 0.236. The van der Waals surface area contributed by atoms with Crippen LogP contribution < -0.4 is 10.6 Å². The van der Waals surface area contributed by atoms with Gasteiger partial charge in [0.05, 0.1) is 17.8 Å². The normalized spacial score (nSPS) is 14.7. The van der Waals surface area contributed by atoms with E-state index in [1.54, 1.807) is 23.5 Å².